The van der Waals surface area contributed by atoms with E-state index in [0.29, 0.717) is 6.04 Å². The maximum Gasteiger partial charge on any atom is 0.191 e. The highest BCUT2D eigenvalue weighted by Crippen LogP contribution is 2.13. The Kier molecular flexibility index (Phi) is 11.3. The Morgan fingerprint density at radius 2 is 1.76 bits per heavy atom. The number of nitrogens with zero attached hydrogens (tertiary/aromatic N) is 3. The highest BCUT2D eigenvalue weighted by atomic mass is 127. The first kappa shape index (κ1) is 24.4. The van der Waals surface area contributed by atoms with Gasteiger partial charge in [0.15, 0.2) is 5.96 Å². The van der Waals surface area contributed by atoms with Crippen molar-refractivity contribution in [1.29, 1.82) is 0 Å². The van der Waals surface area contributed by atoms with Crippen LogP contribution in [-0.4, -0.2) is 74.8 Å². The molecule has 3 rings (SSSR count). The lowest BCUT2D eigenvalue weighted by Crippen LogP contribution is -2.48. The van der Waals surface area contributed by atoms with Crippen molar-refractivity contribution in [3.63, 3.8) is 0 Å². The molecule has 0 aromatic heterocycles. The predicted molar refractivity (Wildman–Crippen MR) is 131 cm³/mol. The molecule has 0 spiro atoms. The van der Waals surface area contributed by atoms with Crippen LogP contribution in [0, 0.1) is 0 Å². The van der Waals surface area contributed by atoms with Gasteiger partial charge in [0.25, 0.3) is 0 Å². The van der Waals surface area contributed by atoms with E-state index in [1.807, 2.05) is 7.05 Å². The van der Waals surface area contributed by atoms with E-state index < -0.39 is 0 Å². The summed E-state index contributed by atoms with van der Waals surface area (Å²) in [5.74, 6) is 0.912. The first-order valence-corrected chi connectivity index (χ1v) is 10.8. The zero-order valence-electron chi connectivity index (χ0n) is 18.0. The van der Waals surface area contributed by atoms with Crippen molar-refractivity contribution in [2.24, 2.45) is 4.99 Å². The molecule has 0 saturated carbocycles. The van der Waals surface area contributed by atoms with Gasteiger partial charge in [-0.05, 0) is 36.9 Å². The largest absolute Gasteiger partial charge is 0.379 e. The number of nitrogens with one attached hydrogen (secondary N) is 2. The number of halogens is 1. The second kappa shape index (κ2) is 13.4. The standard InChI is InChI=1S/C22H37N5O.HI/c1-3-10-26-11-8-21(9-12-26)25-22(23-2)24-17-19-6-4-5-7-20(19)18-27-13-15-28-16-14-27;/h4-7,21H,3,8-18H2,1-2H3,(H2,23,24,25);1H. The minimum atomic E-state index is 0. The van der Waals surface area contributed by atoms with E-state index in [0.717, 1.165) is 45.4 Å². The molecule has 1 aromatic carbocycles. The molecule has 2 N–H and O–H groups in total. The number of aliphatic imine (C=N–C) groups is 1. The van der Waals surface area contributed by atoms with Crippen LogP contribution in [0.4, 0.5) is 0 Å². The van der Waals surface area contributed by atoms with E-state index in [2.05, 4.69) is 56.6 Å². The molecule has 0 atom stereocenters. The van der Waals surface area contributed by atoms with Gasteiger partial charge in [-0.25, -0.2) is 0 Å². The maximum atomic E-state index is 5.47. The first-order chi connectivity index (χ1) is 13.8. The highest BCUT2D eigenvalue weighted by molar-refractivity contribution is 14.0. The Labute approximate surface area is 193 Å². The summed E-state index contributed by atoms with van der Waals surface area (Å²) in [5, 5.41) is 7.15. The SMILES string of the molecule is CCCN1CCC(NC(=NC)NCc2ccccc2CN2CCOCC2)CC1.I. The topological polar surface area (TPSA) is 52.1 Å². The summed E-state index contributed by atoms with van der Waals surface area (Å²) in [5.41, 5.74) is 2.73. The normalized spacial score (nSPS) is 19.6. The molecule has 7 heteroatoms. The minimum Gasteiger partial charge on any atom is -0.379 e. The molecule has 2 saturated heterocycles. The molecule has 0 amide bonds. The van der Waals surface area contributed by atoms with Crippen LogP contribution >= 0.6 is 24.0 Å². The zero-order chi connectivity index (χ0) is 19.6. The number of morpholine rings is 1. The second-order valence-electron chi connectivity index (χ2n) is 7.84. The fourth-order valence-corrected chi connectivity index (χ4v) is 4.07. The first-order valence-electron chi connectivity index (χ1n) is 10.8. The molecule has 0 radical (unpaired) electrons. The number of likely N-dealkylation sites (tertiary alicyclic amines) is 1. The van der Waals surface area contributed by atoms with E-state index >= 15 is 0 Å². The number of ether oxygens (including phenoxy) is 1. The van der Waals surface area contributed by atoms with E-state index in [1.54, 1.807) is 0 Å². The average molecular weight is 515 g/mol. The van der Waals surface area contributed by atoms with Crippen LogP contribution in [0.1, 0.15) is 37.3 Å². The molecule has 1 aromatic rings. The molecule has 29 heavy (non-hydrogen) atoms. The Hall–Kier alpha value is -0.900. The molecule has 2 aliphatic rings. The fraction of sp³-hybridized carbons (Fsp3) is 0.682. The van der Waals surface area contributed by atoms with Gasteiger partial charge >= 0.3 is 0 Å². The van der Waals surface area contributed by atoms with E-state index in [-0.39, 0.29) is 24.0 Å². The quantitative estimate of drug-likeness (QED) is 0.333. The molecule has 2 aliphatic heterocycles. The summed E-state index contributed by atoms with van der Waals surface area (Å²) >= 11 is 0. The molecule has 0 aliphatic carbocycles. The third-order valence-corrected chi connectivity index (χ3v) is 5.75. The number of hydrogen-bond donors (Lipinski definition) is 2. The number of hydrogen-bond acceptors (Lipinski definition) is 4. The monoisotopic (exact) mass is 515 g/mol. The lowest BCUT2D eigenvalue weighted by Gasteiger charge is -2.33. The van der Waals surface area contributed by atoms with Crippen molar-refractivity contribution in [3.05, 3.63) is 35.4 Å². The summed E-state index contributed by atoms with van der Waals surface area (Å²) in [6.07, 6.45) is 3.62. The number of rotatable bonds is 7. The van der Waals surface area contributed by atoms with E-state index in [4.69, 9.17) is 4.74 Å². The lowest BCUT2D eigenvalue weighted by atomic mass is 10.0. The molecule has 6 nitrogen and oxygen atoms in total. The number of guanidine groups is 1. The van der Waals surface area contributed by atoms with Crippen molar-refractivity contribution in [2.75, 3.05) is 53.0 Å². The van der Waals surface area contributed by atoms with Crippen molar-refractivity contribution in [1.82, 2.24) is 20.4 Å². The van der Waals surface area contributed by atoms with Crippen molar-refractivity contribution >= 4 is 29.9 Å². The molecular formula is C22H38IN5O. The molecule has 2 heterocycles. The van der Waals surface area contributed by atoms with Gasteiger partial charge in [0.2, 0.25) is 0 Å². The summed E-state index contributed by atoms with van der Waals surface area (Å²) in [4.78, 5) is 9.49. The van der Waals surface area contributed by atoms with Gasteiger partial charge in [-0.2, -0.15) is 0 Å². The van der Waals surface area contributed by atoms with Crippen LogP contribution in [0.15, 0.2) is 29.3 Å². The molecular weight excluding hydrogens is 477 g/mol. The van der Waals surface area contributed by atoms with Crippen LogP contribution in [0.3, 0.4) is 0 Å². The summed E-state index contributed by atoms with van der Waals surface area (Å²) in [7, 11) is 1.86. The van der Waals surface area contributed by atoms with E-state index in [9.17, 15) is 0 Å². The van der Waals surface area contributed by atoms with Crippen molar-refractivity contribution < 1.29 is 4.74 Å². The Balaban J connectivity index is 0.00000300. The van der Waals surface area contributed by atoms with Gasteiger partial charge in [0.05, 0.1) is 13.2 Å². The van der Waals surface area contributed by atoms with Gasteiger partial charge in [-0.3, -0.25) is 9.89 Å². The van der Waals surface area contributed by atoms with Gasteiger partial charge < -0.3 is 20.3 Å². The Morgan fingerprint density at radius 1 is 1.07 bits per heavy atom. The lowest BCUT2D eigenvalue weighted by molar-refractivity contribution is 0.0341. The minimum absolute atomic E-state index is 0. The van der Waals surface area contributed by atoms with Crippen LogP contribution in [0.25, 0.3) is 0 Å². The Morgan fingerprint density at radius 3 is 2.41 bits per heavy atom. The smallest absolute Gasteiger partial charge is 0.191 e. The summed E-state index contributed by atoms with van der Waals surface area (Å²) in [6, 6.07) is 9.24. The molecule has 164 valence electrons. The number of piperidine rings is 1. The average Bonchev–Trinajstić information content (AvgIpc) is 2.74. The van der Waals surface area contributed by atoms with Gasteiger partial charge in [0, 0.05) is 52.4 Å². The summed E-state index contributed by atoms with van der Waals surface area (Å²) < 4.78 is 5.47. The molecule has 0 unspecified atom stereocenters. The van der Waals surface area contributed by atoms with Crippen LogP contribution in [0.2, 0.25) is 0 Å². The van der Waals surface area contributed by atoms with E-state index in [1.165, 1.54) is 50.0 Å². The van der Waals surface area contributed by atoms with Crippen molar-refractivity contribution in [2.45, 2.75) is 45.3 Å². The maximum absolute atomic E-state index is 5.47. The predicted octanol–water partition coefficient (Wildman–Crippen LogP) is 2.68. The molecule has 0 bridgehead atoms. The summed E-state index contributed by atoms with van der Waals surface area (Å²) in [6.45, 7) is 11.4. The van der Waals surface area contributed by atoms with Crippen LogP contribution < -0.4 is 10.6 Å². The zero-order valence-corrected chi connectivity index (χ0v) is 20.4. The molecule has 2 fully saturated rings. The fourth-order valence-electron chi connectivity index (χ4n) is 4.07. The Bertz CT molecular complexity index is 613. The van der Waals surface area contributed by atoms with Crippen LogP contribution in [-0.2, 0) is 17.8 Å². The second-order valence-corrected chi connectivity index (χ2v) is 7.84. The third-order valence-electron chi connectivity index (χ3n) is 5.75. The third kappa shape index (κ3) is 8.03. The van der Waals surface area contributed by atoms with Crippen molar-refractivity contribution in [3.8, 4) is 0 Å². The van der Waals surface area contributed by atoms with Gasteiger partial charge in [0.1, 0.15) is 0 Å². The number of benzene rings is 1. The van der Waals surface area contributed by atoms with Gasteiger partial charge in [-0.15, -0.1) is 24.0 Å². The van der Waals surface area contributed by atoms with Crippen LogP contribution in [0.5, 0.6) is 0 Å². The highest BCUT2D eigenvalue weighted by Gasteiger charge is 2.19. The van der Waals surface area contributed by atoms with Gasteiger partial charge in [-0.1, -0.05) is 31.2 Å².